The summed E-state index contributed by atoms with van der Waals surface area (Å²) in [5.74, 6) is 1.37. The fourth-order valence-electron chi connectivity index (χ4n) is 2.42. The Morgan fingerprint density at radius 3 is 2.63 bits per heavy atom. The molecular weight excluding hydrogens is 260 g/mol. The van der Waals surface area contributed by atoms with E-state index in [0.29, 0.717) is 11.1 Å². The summed E-state index contributed by atoms with van der Waals surface area (Å²) in [6.07, 6.45) is 9.70. The van der Waals surface area contributed by atoms with Crippen LogP contribution in [0.5, 0.6) is 0 Å². The van der Waals surface area contributed by atoms with Crippen molar-refractivity contribution >= 4 is 11.6 Å². The van der Waals surface area contributed by atoms with E-state index >= 15 is 0 Å². The summed E-state index contributed by atoms with van der Waals surface area (Å²) < 4.78 is 1.84. The molecule has 3 nitrogen and oxygen atoms in total. The summed E-state index contributed by atoms with van der Waals surface area (Å²) in [4.78, 5) is 16.4. The average Bonchev–Trinajstić information content (AvgIpc) is 3.19. The highest BCUT2D eigenvalue weighted by molar-refractivity contribution is 6.29. The van der Waals surface area contributed by atoms with Gasteiger partial charge in [-0.3, -0.25) is 9.36 Å². The van der Waals surface area contributed by atoms with Gasteiger partial charge in [0.25, 0.3) is 5.56 Å². The Hall–Kier alpha value is -0.830. The SMILES string of the molecule is CCCCCCCCn1c(C2CC2)nc(Cl)cc1=O. The molecule has 0 bridgehead atoms. The van der Waals surface area contributed by atoms with E-state index in [4.69, 9.17) is 11.6 Å². The molecule has 0 aromatic carbocycles. The maximum atomic E-state index is 12.0. The molecule has 0 unspecified atom stereocenters. The fourth-order valence-corrected chi connectivity index (χ4v) is 2.60. The summed E-state index contributed by atoms with van der Waals surface area (Å²) in [6, 6.07) is 1.44. The number of hydrogen-bond acceptors (Lipinski definition) is 2. The molecule has 106 valence electrons. The second-order valence-corrected chi connectivity index (χ2v) is 5.86. The van der Waals surface area contributed by atoms with E-state index in [2.05, 4.69) is 11.9 Å². The normalized spacial score (nSPS) is 14.8. The van der Waals surface area contributed by atoms with E-state index in [-0.39, 0.29) is 5.56 Å². The molecule has 1 aliphatic carbocycles. The first-order valence-electron chi connectivity index (χ1n) is 7.49. The van der Waals surface area contributed by atoms with E-state index < -0.39 is 0 Å². The van der Waals surface area contributed by atoms with Gasteiger partial charge in [-0.1, -0.05) is 50.6 Å². The minimum Gasteiger partial charge on any atom is -0.296 e. The average molecular weight is 283 g/mol. The van der Waals surface area contributed by atoms with Crippen LogP contribution >= 0.6 is 11.6 Å². The van der Waals surface area contributed by atoms with Crippen molar-refractivity contribution < 1.29 is 0 Å². The van der Waals surface area contributed by atoms with Gasteiger partial charge in [-0.05, 0) is 19.3 Å². The first kappa shape index (κ1) is 14.6. The highest BCUT2D eigenvalue weighted by Crippen LogP contribution is 2.38. The van der Waals surface area contributed by atoms with Crippen molar-refractivity contribution in [2.24, 2.45) is 0 Å². The molecule has 19 heavy (non-hydrogen) atoms. The number of halogens is 1. The second kappa shape index (κ2) is 7.09. The molecule has 1 fully saturated rings. The van der Waals surface area contributed by atoms with E-state index in [1.165, 1.54) is 38.2 Å². The van der Waals surface area contributed by atoms with Crippen molar-refractivity contribution in [3.63, 3.8) is 0 Å². The molecule has 1 aliphatic rings. The maximum Gasteiger partial charge on any atom is 0.254 e. The Morgan fingerprint density at radius 2 is 1.95 bits per heavy atom. The Kier molecular flexibility index (Phi) is 5.44. The van der Waals surface area contributed by atoms with Crippen LogP contribution in [0.3, 0.4) is 0 Å². The monoisotopic (exact) mass is 282 g/mol. The van der Waals surface area contributed by atoms with Gasteiger partial charge in [0.15, 0.2) is 0 Å². The topological polar surface area (TPSA) is 34.9 Å². The third-order valence-electron chi connectivity index (χ3n) is 3.68. The number of rotatable bonds is 8. The molecule has 0 radical (unpaired) electrons. The highest BCUT2D eigenvalue weighted by Gasteiger charge is 2.28. The van der Waals surface area contributed by atoms with E-state index in [9.17, 15) is 4.79 Å². The first-order valence-corrected chi connectivity index (χ1v) is 7.87. The lowest BCUT2D eigenvalue weighted by Gasteiger charge is -2.11. The predicted molar refractivity (Wildman–Crippen MR) is 78.9 cm³/mol. The summed E-state index contributed by atoms with van der Waals surface area (Å²) in [7, 11) is 0. The zero-order chi connectivity index (χ0) is 13.7. The van der Waals surface area contributed by atoms with Crippen LogP contribution in [0.2, 0.25) is 5.15 Å². The van der Waals surface area contributed by atoms with Gasteiger partial charge >= 0.3 is 0 Å². The van der Waals surface area contributed by atoms with Gasteiger partial charge in [0, 0.05) is 18.5 Å². The van der Waals surface area contributed by atoms with Gasteiger partial charge in [0.1, 0.15) is 11.0 Å². The van der Waals surface area contributed by atoms with Crippen molar-refractivity contribution in [2.45, 2.75) is 70.8 Å². The third kappa shape index (κ3) is 4.34. The van der Waals surface area contributed by atoms with Gasteiger partial charge in [-0.15, -0.1) is 0 Å². The molecule has 0 amide bonds. The summed E-state index contributed by atoms with van der Waals surface area (Å²) >= 11 is 5.89. The van der Waals surface area contributed by atoms with Gasteiger partial charge in [-0.2, -0.15) is 0 Å². The summed E-state index contributed by atoms with van der Waals surface area (Å²) in [5, 5.41) is 0.339. The molecule has 2 rings (SSSR count). The number of nitrogens with zero attached hydrogens (tertiary/aromatic N) is 2. The Labute approximate surface area is 120 Å². The molecule has 4 heteroatoms. The van der Waals surface area contributed by atoms with Crippen LogP contribution in [-0.2, 0) is 6.54 Å². The molecule has 0 N–H and O–H groups in total. The minimum atomic E-state index is 0.00968. The molecular formula is C15H23ClN2O. The number of aromatic nitrogens is 2. The van der Waals surface area contributed by atoms with E-state index in [0.717, 1.165) is 31.6 Å². The fraction of sp³-hybridized carbons (Fsp3) is 0.733. The van der Waals surface area contributed by atoms with Crippen molar-refractivity contribution in [2.75, 3.05) is 0 Å². The van der Waals surface area contributed by atoms with Gasteiger partial charge in [0.2, 0.25) is 0 Å². The zero-order valence-electron chi connectivity index (χ0n) is 11.7. The minimum absolute atomic E-state index is 0.00968. The second-order valence-electron chi connectivity index (χ2n) is 5.47. The number of hydrogen-bond donors (Lipinski definition) is 0. The Balaban J connectivity index is 1.90. The van der Waals surface area contributed by atoms with Gasteiger partial charge in [-0.25, -0.2) is 4.98 Å². The Morgan fingerprint density at radius 1 is 1.26 bits per heavy atom. The van der Waals surface area contributed by atoms with Crippen molar-refractivity contribution in [1.29, 1.82) is 0 Å². The lowest BCUT2D eigenvalue weighted by Crippen LogP contribution is -2.24. The van der Waals surface area contributed by atoms with Crippen LogP contribution < -0.4 is 5.56 Å². The van der Waals surface area contributed by atoms with Crippen molar-refractivity contribution in [1.82, 2.24) is 9.55 Å². The van der Waals surface area contributed by atoms with Crippen LogP contribution in [0.4, 0.5) is 0 Å². The molecule has 0 atom stereocenters. The smallest absolute Gasteiger partial charge is 0.254 e. The molecule has 0 aliphatic heterocycles. The molecule has 1 saturated carbocycles. The summed E-state index contributed by atoms with van der Waals surface area (Å²) in [6.45, 7) is 3.02. The third-order valence-corrected chi connectivity index (χ3v) is 3.88. The van der Waals surface area contributed by atoms with Crippen LogP contribution in [0.25, 0.3) is 0 Å². The lowest BCUT2D eigenvalue weighted by molar-refractivity contribution is 0.529. The standard InChI is InChI=1S/C15H23ClN2O/c1-2-3-4-5-6-7-10-18-14(19)11-13(16)17-15(18)12-8-9-12/h11-12H,2-10H2,1H3. The number of unbranched alkanes of at least 4 members (excludes halogenated alkanes) is 5. The van der Waals surface area contributed by atoms with Crippen LogP contribution in [0.15, 0.2) is 10.9 Å². The molecule has 0 saturated heterocycles. The first-order chi connectivity index (χ1) is 9.22. The largest absolute Gasteiger partial charge is 0.296 e. The van der Waals surface area contributed by atoms with Crippen LogP contribution in [-0.4, -0.2) is 9.55 Å². The molecule has 1 heterocycles. The quantitative estimate of drug-likeness (QED) is 0.531. The van der Waals surface area contributed by atoms with Crippen LogP contribution in [0, 0.1) is 0 Å². The predicted octanol–water partition coefficient (Wildman–Crippen LogP) is 4.13. The van der Waals surface area contributed by atoms with E-state index in [1.54, 1.807) is 0 Å². The van der Waals surface area contributed by atoms with Crippen molar-refractivity contribution in [3.05, 3.63) is 27.4 Å². The molecule has 1 aromatic heterocycles. The zero-order valence-corrected chi connectivity index (χ0v) is 12.5. The van der Waals surface area contributed by atoms with E-state index in [1.807, 2.05) is 4.57 Å². The summed E-state index contributed by atoms with van der Waals surface area (Å²) in [5.41, 5.74) is 0.00968. The highest BCUT2D eigenvalue weighted by atomic mass is 35.5. The lowest BCUT2D eigenvalue weighted by atomic mass is 10.1. The van der Waals surface area contributed by atoms with Crippen molar-refractivity contribution in [3.8, 4) is 0 Å². The van der Waals surface area contributed by atoms with Gasteiger partial charge in [0.05, 0.1) is 0 Å². The Bertz CT molecular complexity index is 466. The van der Waals surface area contributed by atoms with Gasteiger partial charge < -0.3 is 0 Å². The molecule has 0 spiro atoms. The van der Waals surface area contributed by atoms with Crippen LogP contribution in [0.1, 0.15) is 70.0 Å². The molecule has 1 aromatic rings. The maximum absolute atomic E-state index is 12.0.